The van der Waals surface area contributed by atoms with Crippen molar-refractivity contribution in [1.29, 1.82) is 0 Å². The smallest absolute Gasteiger partial charge is 0.408 e. The summed E-state index contributed by atoms with van der Waals surface area (Å²) in [5.41, 5.74) is 8.28. The van der Waals surface area contributed by atoms with Crippen LogP contribution in [0.3, 0.4) is 0 Å². The standard InChI is InChI=1S/C13H15ClN4O2/c1-3-7(2)11(18-12(14)15)16-8-4-5-10-9(6-8)17-13(19)20-10/h4-6,16H,3H2,1-2H3,(H2,15,18)(H,17,19)/b11-7-. The minimum absolute atomic E-state index is 0.0434. The van der Waals surface area contributed by atoms with E-state index in [1.165, 1.54) is 0 Å². The van der Waals surface area contributed by atoms with E-state index in [0.29, 0.717) is 16.9 Å². The predicted molar refractivity (Wildman–Crippen MR) is 80.9 cm³/mol. The summed E-state index contributed by atoms with van der Waals surface area (Å²) in [4.78, 5) is 17.8. The van der Waals surface area contributed by atoms with Gasteiger partial charge in [-0.1, -0.05) is 6.92 Å². The summed E-state index contributed by atoms with van der Waals surface area (Å²) in [5, 5.41) is 3.08. The number of nitrogens with one attached hydrogen (secondary N) is 2. The SMILES string of the molecule is CC/C(C)=C(\N=C(N)Cl)Nc1ccc2oc(=O)[nH]c2c1. The Morgan fingerprint density at radius 3 is 2.95 bits per heavy atom. The molecular formula is C13H15ClN4O2. The lowest BCUT2D eigenvalue weighted by molar-refractivity contribution is 0.555. The Morgan fingerprint density at radius 2 is 2.30 bits per heavy atom. The number of hydrogen-bond acceptors (Lipinski definition) is 4. The van der Waals surface area contributed by atoms with E-state index in [1.807, 2.05) is 13.8 Å². The normalized spacial score (nSPS) is 13.4. The van der Waals surface area contributed by atoms with Gasteiger partial charge in [0.2, 0.25) is 0 Å². The van der Waals surface area contributed by atoms with E-state index >= 15 is 0 Å². The number of H-pyrrole nitrogens is 1. The summed E-state index contributed by atoms with van der Waals surface area (Å²) in [6.07, 6.45) is 0.806. The van der Waals surface area contributed by atoms with E-state index in [2.05, 4.69) is 15.3 Å². The van der Waals surface area contributed by atoms with Crippen molar-refractivity contribution in [2.75, 3.05) is 5.32 Å². The Bertz CT molecular complexity index is 738. The Morgan fingerprint density at radius 1 is 1.55 bits per heavy atom. The second-order valence-corrected chi connectivity index (χ2v) is 4.65. The second kappa shape index (κ2) is 5.83. The van der Waals surface area contributed by atoms with Crippen LogP contribution in [0.1, 0.15) is 20.3 Å². The minimum atomic E-state index is -0.485. The highest BCUT2D eigenvalue weighted by Crippen LogP contribution is 2.20. The summed E-state index contributed by atoms with van der Waals surface area (Å²) in [5.74, 6) is 0.103. The third-order valence-corrected chi connectivity index (χ3v) is 2.92. The summed E-state index contributed by atoms with van der Waals surface area (Å²) in [6, 6.07) is 5.23. The molecule has 0 spiro atoms. The van der Waals surface area contributed by atoms with Gasteiger partial charge in [-0.3, -0.25) is 4.98 Å². The quantitative estimate of drug-likeness (QED) is 0.459. The zero-order valence-electron chi connectivity index (χ0n) is 11.2. The second-order valence-electron chi connectivity index (χ2n) is 4.27. The van der Waals surface area contributed by atoms with Crippen molar-refractivity contribution in [1.82, 2.24) is 4.98 Å². The van der Waals surface area contributed by atoms with Gasteiger partial charge in [0.1, 0.15) is 5.82 Å². The Hall–Kier alpha value is -2.21. The molecule has 0 bridgehead atoms. The molecule has 106 valence electrons. The number of oxazole rings is 1. The summed E-state index contributed by atoms with van der Waals surface area (Å²) in [7, 11) is 0. The number of benzene rings is 1. The molecule has 0 fully saturated rings. The molecule has 2 aromatic rings. The number of aliphatic imine (C=N–C) groups is 1. The molecule has 0 aliphatic heterocycles. The molecule has 2 rings (SSSR count). The van der Waals surface area contributed by atoms with E-state index in [9.17, 15) is 4.79 Å². The van der Waals surface area contributed by atoms with Gasteiger partial charge in [-0.25, -0.2) is 9.79 Å². The zero-order valence-corrected chi connectivity index (χ0v) is 11.9. The number of aromatic amines is 1. The number of allylic oxidation sites excluding steroid dienone is 1. The van der Waals surface area contributed by atoms with Gasteiger partial charge in [0.15, 0.2) is 10.9 Å². The summed E-state index contributed by atoms with van der Waals surface area (Å²) < 4.78 is 4.94. The van der Waals surface area contributed by atoms with Crippen LogP contribution in [0, 0.1) is 0 Å². The summed E-state index contributed by atoms with van der Waals surface area (Å²) in [6.45, 7) is 3.94. The third-order valence-electron chi connectivity index (χ3n) is 2.83. The molecule has 0 radical (unpaired) electrons. The maximum Gasteiger partial charge on any atom is 0.417 e. The van der Waals surface area contributed by atoms with E-state index in [4.69, 9.17) is 21.8 Å². The van der Waals surface area contributed by atoms with Crippen LogP contribution < -0.4 is 16.8 Å². The number of rotatable bonds is 4. The van der Waals surface area contributed by atoms with Gasteiger partial charge in [0.25, 0.3) is 0 Å². The number of nitrogens with two attached hydrogens (primary N) is 1. The van der Waals surface area contributed by atoms with Crippen LogP contribution in [-0.4, -0.2) is 10.3 Å². The number of amidine groups is 1. The minimum Gasteiger partial charge on any atom is -0.408 e. The van der Waals surface area contributed by atoms with E-state index in [1.54, 1.807) is 18.2 Å². The fourth-order valence-electron chi connectivity index (χ4n) is 1.67. The molecule has 0 amide bonds. The number of aromatic nitrogens is 1. The van der Waals surface area contributed by atoms with Gasteiger partial charge in [0, 0.05) is 5.69 Å². The lowest BCUT2D eigenvalue weighted by atomic mass is 10.2. The topological polar surface area (TPSA) is 96.4 Å². The maximum absolute atomic E-state index is 11.1. The van der Waals surface area contributed by atoms with Crippen molar-refractivity contribution in [2.24, 2.45) is 10.7 Å². The molecular weight excluding hydrogens is 280 g/mol. The number of halogens is 1. The van der Waals surface area contributed by atoms with Gasteiger partial charge in [-0.15, -0.1) is 0 Å². The van der Waals surface area contributed by atoms with Crippen LogP contribution in [0.4, 0.5) is 5.69 Å². The van der Waals surface area contributed by atoms with Crippen molar-refractivity contribution >= 4 is 33.7 Å². The molecule has 20 heavy (non-hydrogen) atoms. The molecule has 0 atom stereocenters. The first-order chi connectivity index (χ1) is 9.49. The zero-order chi connectivity index (χ0) is 14.7. The highest BCUT2D eigenvalue weighted by Gasteiger charge is 2.05. The molecule has 7 heteroatoms. The largest absolute Gasteiger partial charge is 0.417 e. The lowest BCUT2D eigenvalue weighted by Crippen LogP contribution is -2.07. The van der Waals surface area contributed by atoms with Gasteiger partial charge < -0.3 is 15.5 Å². The molecule has 4 N–H and O–H groups in total. The van der Waals surface area contributed by atoms with Crippen LogP contribution in [0.2, 0.25) is 0 Å². The first kappa shape index (κ1) is 14.2. The fourth-order valence-corrected chi connectivity index (χ4v) is 1.76. The molecule has 1 aromatic carbocycles. The molecule has 0 unspecified atom stereocenters. The molecule has 0 aliphatic carbocycles. The van der Waals surface area contributed by atoms with Crippen molar-refractivity contribution in [2.45, 2.75) is 20.3 Å². The number of fused-ring (bicyclic) bond motifs is 1. The first-order valence-electron chi connectivity index (χ1n) is 6.09. The van der Waals surface area contributed by atoms with Gasteiger partial charge >= 0.3 is 5.76 Å². The predicted octanol–water partition coefficient (Wildman–Crippen LogP) is 2.73. The first-order valence-corrected chi connectivity index (χ1v) is 6.46. The van der Waals surface area contributed by atoms with Crippen LogP contribution >= 0.6 is 11.6 Å². The third kappa shape index (κ3) is 3.21. The van der Waals surface area contributed by atoms with Crippen molar-refractivity contribution in [3.63, 3.8) is 0 Å². The van der Waals surface area contributed by atoms with Gasteiger partial charge in [-0.05, 0) is 48.7 Å². The van der Waals surface area contributed by atoms with Crippen LogP contribution in [-0.2, 0) is 0 Å². The molecule has 0 saturated carbocycles. The van der Waals surface area contributed by atoms with Crippen molar-refractivity contribution in [3.05, 3.63) is 40.1 Å². The van der Waals surface area contributed by atoms with Gasteiger partial charge in [-0.2, -0.15) is 0 Å². The van der Waals surface area contributed by atoms with Crippen molar-refractivity contribution < 1.29 is 4.42 Å². The Kier molecular flexibility index (Phi) is 4.14. The Balaban J connectivity index is 2.38. The number of anilines is 1. The van der Waals surface area contributed by atoms with Crippen LogP contribution in [0.15, 0.2) is 43.8 Å². The number of hydrogen-bond donors (Lipinski definition) is 3. The Labute approximate surface area is 120 Å². The highest BCUT2D eigenvalue weighted by atomic mass is 35.5. The lowest BCUT2D eigenvalue weighted by Gasteiger charge is -2.10. The van der Waals surface area contributed by atoms with Crippen LogP contribution in [0.25, 0.3) is 11.1 Å². The molecule has 1 heterocycles. The molecule has 6 nitrogen and oxygen atoms in total. The van der Waals surface area contributed by atoms with E-state index < -0.39 is 5.76 Å². The van der Waals surface area contributed by atoms with Gasteiger partial charge in [0.05, 0.1) is 5.52 Å². The average Bonchev–Trinajstić information content (AvgIpc) is 2.75. The molecule has 1 aromatic heterocycles. The molecule has 0 saturated heterocycles. The maximum atomic E-state index is 11.1. The van der Waals surface area contributed by atoms with Crippen molar-refractivity contribution in [3.8, 4) is 0 Å². The molecule has 0 aliphatic rings. The average molecular weight is 295 g/mol. The van der Waals surface area contributed by atoms with E-state index in [-0.39, 0.29) is 5.29 Å². The monoisotopic (exact) mass is 294 g/mol. The summed E-state index contributed by atoms with van der Waals surface area (Å²) >= 11 is 5.63. The highest BCUT2D eigenvalue weighted by molar-refractivity contribution is 6.64. The van der Waals surface area contributed by atoms with Crippen LogP contribution in [0.5, 0.6) is 0 Å². The fraction of sp³-hybridized carbons (Fsp3) is 0.231. The van der Waals surface area contributed by atoms with E-state index in [0.717, 1.165) is 17.7 Å². The number of nitrogens with zero attached hydrogens (tertiary/aromatic N) is 1.